The van der Waals surface area contributed by atoms with Crippen molar-refractivity contribution in [3.05, 3.63) is 35.6 Å². The first-order chi connectivity index (χ1) is 17.6. The number of aliphatic hydroxyl groups excluding tert-OH is 1. The summed E-state index contributed by atoms with van der Waals surface area (Å²) in [6.45, 7) is 8.03. The predicted molar refractivity (Wildman–Crippen MR) is 145 cm³/mol. The standard InChI is InChI=1S/C28H37N3O5S/c1-5-6-13-35-26(33)18-9-7-17(8-10-18)24(32)25-30-15-23(37-25)21-16-31(27(34)36-28(2,3)4)22-14-19(29)11-12-20(21)22/h11-12,14-18,24,32H,5-10,13,29H2,1-4H3/t17?,18?,24-/m1/s1. The van der Waals surface area contributed by atoms with Gasteiger partial charge in [0.15, 0.2) is 0 Å². The van der Waals surface area contributed by atoms with Gasteiger partial charge in [0, 0.05) is 29.0 Å². The number of hydrogen-bond donors (Lipinski definition) is 2. The molecule has 37 heavy (non-hydrogen) atoms. The molecule has 1 aliphatic rings. The minimum Gasteiger partial charge on any atom is -0.465 e. The van der Waals surface area contributed by atoms with E-state index in [4.69, 9.17) is 15.2 Å². The first-order valence-corrected chi connectivity index (χ1v) is 13.8. The van der Waals surface area contributed by atoms with Gasteiger partial charge in [0.25, 0.3) is 0 Å². The van der Waals surface area contributed by atoms with Crippen molar-refractivity contribution in [2.24, 2.45) is 11.8 Å². The number of aromatic nitrogens is 2. The van der Waals surface area contributed by atoms with E-state index < -0.39 is 17.8 Å². The number of nitrogen functional groups attached to an aromatic ring is 1. The number of benzene rings is 1. The number of carbonyl (C=O) groups is 2. The third-order valence-electron chi connectivity index (χ3n) is 6.76. The van der Waals surface area contributed by atoms with Crippen LogP contribution in [0.15, 0.2) is 30.6 Å². The monoisotopic (exact) mass is 527 g/mol. The fourth-order valence-electron chi connectivity index (χ4n) is 4.76. The largest absolute Gasteiger partial charge is 0.465 e. The molecular formula is C28H37N3O5S. The Labute approximate surface area is 221 Å². The van der Waals surface area contributed by atoms with Crippen molar-refractivity contribution < 1.29 is 24.2 Å². The maximum Gasteiger partial charge on any atom is 0.419 e. The number of carbonyl (C=O) groups excluding carboxylic acids is 2. The first-order valence-electron chi connectivity index (χ1n) is 13.0. The number of anilines is 1. The smallest absolute Gasteiger partial charge is 0.419 e. The zero-order valence-corrected chi connectivity index (χ0v) is 22.8. The zero-order chi connectivity index (χ0) is 26.7. The second-order valence-corrected chi connectivity index (χ2v) is 11.9. The summed E-state index contributed by atoms with van der Waals surface area (Å²) in [5, 5.41) is 12.6. The van der Waals surface area contributed by atoms with Gasteiger partial charge in [-0.3, -0.25) is 9.36 Å². The average molecular weight is 528 g/mol. The number of fused-ring (bicyclic) bond motifs is 1. The molecule has 1 fully saturated rings. The van der Waals surface area contributed by atoms with Gasteiger partial charge >= 0.3 is 12.1 Å². The number of unbranched alkanes of at least 4 members (excludes halogenated alkanes) is 1. The van der Waals surface area contributed by atoms with Gasteiger partial charge < -0.3 is 20.3 Å². The molecule has 0 saturated heterocycles. The van der Waals surface area contributed by atoms with Crippen LogP contribution < -0.4 is 5.73 Å². The third-order valence-corrected chi connectivity index (χ3v) is 7.86. The molecule has 0 amide bonds. The van der Waals surface area contributed by atoms with Crippen LogP contribution in [0.3, 0.4) is 0 Å². The van der Waals surface area contributed by atoms with Gasteiger partial charge in [-0.1, -0.05) is 19.4 Å². The number of esters is 1. The minimum atomic E-state index is -0.703. The van der Waals surface area contributed by atoms with Crippen LogP contribution >= 0.6 is 11.3 Å². The number of thiazole rings is 1. The molecule has 1 atom stereocenters. The molecular weight excluding hydrogens is 490 g/mol. The van der Waals surface area contributed by atoms with Crippen LogP contribution in [0.5, 0.6) is 0 Å². The Kier molecular flexibility index (Phi) is 8.23. The Balaban J connectivity index is 1.50. The number of nitrogens with two attached hydrogens (primary N) is 1. The Bertz CT molecular complexity index is 1250. The van der Waals surface area contributed by atoms with Gasteiger partial charge in [0.2, 0.25) is 0 Å². The highest BCUT2D eigenvalue weighted by Gasteiger charge is 2.33. The van der Waals surface area contributed by atoms with E-state index in [1.807, 2.05) is 26.8 Å². The molecule has 0 bridgehead atoms. The molecule has 0 radical (unpaired) electrons. The van der Waals surface area contributed by atoms with Gasteiger partial charge in [-0.2, -0.15) is 0 Å². The van der Waals surface area contributed by atoms with E-state index in [0.717, 1.165) is 54.4 Å². The fraction of sp³-hybridized carbons (Fsp3) is 0.536. The van der Waals surface area contributed by atoms with Crippen LogP contribution in [0.4, 0.5) is 10.5 Å². The lowest BCUT2D eigenvalue weighted by molar-refractivity contribution is -0.150. The number of rotatable bonds is 7. The zero-order valence-electron chi connectivity index (χ0n) is 22.0. The fourth-order valence-corrected chi connectivity index (χ4v) is 5.78. The minimum absolute atomic E-state index is 0.0431. The van der Waals surface area contributed by atoms with Crippen LogP contribution in [-0.2, 0) is 14.3 Å². The van der Waals surface area contributed by atoms with Gasteiger partial charge in [-0.25, -0.2) is 9.78 Å². The van der Waals surface area contributed by atoms with Gasteiger partial charge in [-0.05, 0) is 70.9 Å². The van der Waals surface area contributed by atoms with Crippen LogP contribution in [0.25, 0.3) is 21.3 Å². The van der Waals surface area contributed by atoms with E-state index in [-0.39, 0.29) is 17.8 Å². The maximum atomic E-state index is 12.9. The molecule has 0 unspecified atom stereocenters. The van der Waals surface area contributed by atoms with Crippen molar-refractivity contribution in [3.8, 4) is 10.4 Å². The van der Waals surface area contributed by atoms with Gasteiger partial charge in [0.05, 0.1) is 22.9 Å². The molecule has 4 rings (SSSR count). The lowest BCUT2D eigenvalue weighted by Crippen LogP contribution is -2.26. The molecule has 200 valence electrons. The number of hydrogen-bond acceptors (Lipinski definition) is 8. The predicted octanol–water partition coefficient (Wildman–Crippen LogP) is 6.31. The molecule has 3 N–H and O–H groups in total. The Hall–Kier alpha value is -2.91. The molecule has 1 aliphatic carbocycles. The van der Waals surface area contributed by atoms with Gasteiger partial charge in [0.1, 0.15) is 16.7 Å². The van der Waals surface area contributed by atoms with E-state index in [1.54, 1.807) is 24.5 Å². The highest BCUT2D eigenvalue weighted by molar-refractivity contribution is 7.15. The summed E-state index contributed by atoms with van der Waals surface area (Å²) >= 11 is 1.42. The van der Waals surface area contributed by atoms with Crippen LogP contribution in [0.1, 0.15) is 77.3 Å². The van der Waals surface area contributed by atoms with E-state index in [0.29, 0.717) is 22.8 Å². The lowest BCUT2D eigenvalue weighted by atomic mass is 9.79. The molecule has 3 aromatic rings. The van der Waals surface area contributed by atoms with Crippen LogP contribution in [0, 0.1) is 11.8 Å². The Morgan fingerprint density at radius 2 is 1.97 bits per heavy atom. The molecule has 1 aromatic carbocycles. The summed E-state index contributed by atoms with van der Waals surface area (Å²) in [7, 11) is 0. The van der Waals surface area contributed by atoms with Gasteiger partial charge in [-0.15, -0.1) is 11.3 Å². The topological polar surface area (TPSA) is 117 Å². The molecule has 2 heterocycles. The SMILES string of the molecule is CCCCOC(=O)C1CCC([C@@H](O)c2ncc(-c3cn(C(=O)OC(C)(C)C)c4cc(N)ccc34)s2)CC1. The molecule has 9 heteroatoms. The van der Waals surface area contributed by atoms with Crippen molar-refractivity contribution >= 4 is 40.0 Å². The first kappa shape index (κ1) is 27.1. The van der Waals surface area contributed by atoms with E-state index >= 15 is 0 Å². The number of nitrogens with zero attached hydrogens (tertiary/aromatic N) is 2. The lowest BCUT2D eigenvalue weighted by Gasteiger charge is -2.29. The molecule has 2 aromatic heterocycles. The Morgan fingerprint density at radius 1 is 1.24 bits per heavy atom. The molecule has 8 nitrogen and oxygen atoms in total. The highest BCUT2D eigenvalue weighted by Crippen LogP contribution is 2.41. The normalized spacial score (nSPS) is 19.1. The van der Waals surface area contributed by atoms with Crippen molar-refractivity contribution in [2.45, 2.75) is 77.9 Å². The van der Waals surface area contributed by atoms with E-state index in [9.17, 15) is 14.7 Å². The summed E-state index contributed by atoms with van der Waals surface area (Å²) < 4.78 is 12.5. The summed E-state index contributed by atoms with van der Waals surface area (Å²) in [5.41, 5.74) is 7.41. The summed E-state index contributed by atoms with van der Waals surface area (Å²) in [5.74, 6) is -0.153. The second kappa shape index (κ2) is 11.2. The van der Waals surface area contributed by atoms with Crippen molar-refractivity contribution in [2.75, 3.05) is 12.3 Å². The van der Waals surface area contributed by atoms with E-state index in [1.165, 1.54) is 15.9 Å². The Morgan fingerprint density at radius 3 is 2.65 bits per heavy atom. The quantitative estimate of drug-likeness (QED) is 0.210. The van der Waals surface area contributed by atoms with Crippen molar-refractivity contribution in [1.82, 2.24) is 9.55 Å². The van der Waals surface area contributed by atoms with Crippen molar-refractivity contribution in [1.29, 1.82) is 0 Å². The van der Waals surface area contributed by atoms with E-state index in [2.05, 4.69) is 11.9 Å². The molecule has 0 spiro atoms. The van der Waals surface area contributed by atoms with Crippen LogP contribution in [-0.4, -0.2) is 38.9 Å². The second-order valence-electron chi connectivity index (χ2n) is 10.8. The molecule has 0 aliphatic heterocycles. The summed E-state index contributed by atoms with van der Waals surface area (Å²) in [6.07, 6.45) is 7.12. The maximum absolute atomic E-state index is 12.9. The van der Waals surface area contributed by atoms with Crippen LogP contribution in [0.2, 0.25) is 0 Å². The average Bonchev–Trinajstić information content (AvgIpc) is 3.47. The number of ether oxygens (including phenoxy) is 2. The number of aliphatic hydroxyl groups is 1. The highest BCUT2D eigenvalue weighted by atomic mass is 32.1. The molecule has 1 saturated carbocycles. The summed E-state index contributed by atoms with van der Waals surface area (Å²) in [6, 6.07) is 5.44. The van der Waals surface area contributed by atoms with Crippen molar-refractivity contribution in [3.63, 3.8) is 0 Å². The third kappa shape index (κ3) is 6.33. The summed E-state index contributed by atoms with van der Waals surface area (Å²) in [4.78, 5) is 30.6.